The van der Waals surface area contributed by atoms with E-state index in [4.69, 9.17) is 37.9 Å². The van der Waals surface area contributed by atoms with Crippen molar-refractivity contribution in [2.24, 2.45) is 0 Å². The van der Waals surface area contributed by atoms with Crippen molar-refractivity contribution < 1.29 is 71.8 Å². The molecule has 0 aromatic carbocycles. The van der Waals surface area contributed by atoms with Gasteiger partial charge in [-0.25, -0.2) is 0 Å². The van der Waals surface area contributed by atoms with Crippen molar-refractivity contribution in [2.45, 2.75) is 90.7 Å². The topological polar surface area (TPSA) is 209 Å². The van der Waals surface area contributed by atoms with Crippen LogP contribution in [0.2, 0.25) is 0 Å². The van der Waals surface area contributed by atoms with E-state index in [-0.39, 0.29) is 5.76 Å². The summed E-state index contributed by atoms with van der Waals surface area (Å²) in [5.41, 5.74) is 0. The fourth-order valence-corrected chi connectivity index (χ4v) is 3.92. The second kappa shape index (κ2) is 14.7. The molecule has 2 aliphatic rings. The van der Waals surface area contributed by atoms with Crippen molar-refractivity contribution in [3.8, 4) is 0 Å². The molecule has 0 spiro atoms. The van der Waals surface area contributed by atoms with Gasteiger partial charge in [-0.05, 0) is 0 Å². The van der Waals surface area contributed by atoms with Gasteiger partial charge >= 0.3 is 29.8 Å². The second-order valence-electron chi connectivity index (χ2n) is 8.80. The predicted octanol–water partition coefficient (Wildman–Crippen LogP) is -1.24. The summed E-state index contributed by atoms with van der Waals surface area (Å²) in [5.74, 6) is -4.46. The summed E-state index contributed by atoms with van der Waals surface area (Å²) >= 11 is 0. The predicted molar refractivity (Wildman–Crippen MR) is 126 cm³/mol. The van der Waals surface area contributed by atoms with Crippen LogP contribution in [0.1, 0.15) is 41.5 Å². The van der Waals surface area contributed by atoms with Crippen LogP contribution in [0.25, 0.3) is 0 Å². The Labute approximate surface area is 229 Å². The van der Waals surface area contributed by atoms with Gasteiger partial charge in [0.05, 0.1) is 0 Å². The molecule has 2 aliphatic heterocycles. The number of ether oxygens (including phenoxy) is 8. The Bertz CT molecular complexity index is 1010. The van der Waals surface area contributed by atoms with Crippen LogP contribution < -0.4 is 5.32 Å². The van der Waals surface area contributed by atoms with Gasteiger partial charge < -0.3 is 48.3 Å². The highest BCUT2D eigenvalue weighted by molar-refractivity contribution is 5.73. The Hall–Kier alpha value is -3.60. The van der Waals surface area contributed by atoms with Crippen LogP contribution in [0.15, 0.2) is 11.8 Å². The highest BCUT2D eigenvalue weighted by Crippen LogP contribution is 2.31. The molecule has 2 heterocycles. The lowest BCUT2D eigenvalue weighted by atomic mass is 9.96. The van der Waals surface area contributed by atoms with Gasteiger partial charge in [0.2, 0.25) is 5.91 Å². The van der Waals surface area contributed by atoms with Gasteiger partial charge in [-0.2, -0.15) is 0 Å². The summed E-state index contributed by atoms with van der Waals surface area (Å²) in [5, 5.41) is 13.0. The van der Waals surface area contributed by atoms with Crippen LogP contribution in [0.5, 0.6) is 0 Å². The lowest BCUT2D eigenvalue weighted by Crippen LogP contribution is -2.67. The Morgan fingerprint density at radius 3 is 1.93 bits per heavy atom. The van der Waals surface area contributed by atoms with Gasteiger partial charge in [-0.3, -0.25) is 28.8 Å². The Balaban J connectivity index is 2.53. The summed E-state index contributed by atoms with van der Waals surface area (Å²) in [6.07, 6.45) is -8.77. The summed E-state index contributed by atoms with van der Waals surface area (Å²) in [4.78, 5) is 70.3. The molecule has 1 saturated heterocycles. The van der Waals surface area contributed by atoms with Gasteiger partial charge in [0.1, 0.15) is 37.2 Å². The molecule has 2 rings (SSSR count). The zero-order valence-corrected chi connectivity index (χ0v) is 22.8. The molecule has 0 aromatic heterocycles. The lowest BCUT2D eigenvalue weighted by Gasteiger charge is -2.46. The molecular formula is C24H33NO15. The summed E-state index contributed by atoms with van der Waals surface area (Å²) in [6, 6.07) is -1.35. The van der Waals surface area contributed by atoms with E-state index < -0.39 is 98.1 Å². The Kier molecular flexibility index (Phi) is 12.0. The zero-order chi connectivity index (χ0) is 30.1. The van der Waals surface area contributed by atoms with E-state index in [0.29, 0.717) is 0 Å². The third-order valence-electron chi connectivity index (χ3n) is 5.29. The molecule has 1 amide bonds. The molecule has 16 heteroatoms. The largest absolute Gasteiger partial charge is 0.463 e. The number of esters is 5. The molecule has 0 bridgehead atoms. The van der Waals surface area contributed by atoms with Crippen LogP contribution in [-0.4, -0.2) is 103 Å². The maximum atomic E-state index is 12.0. The van der Waals surface area contributed by atoms with E-state index in [0.717, 1.165) is 41.5 Å². The minimum Gasteiger partial charge on any atom is -0.463 e. The van der Waals surface area contributed by atoms with E-state index in [1.54, 1.807) is 0 Å². The van der Waals surface area contributed by atoms with Gasteiger partial charge in [0.25, 0.3) is 0 Å². The molecule has 8 atom stereocenters. The molecule has 40 heavy (non-hydrogen) atoms. The maximum absolute atomic E-state index is 12.0. The van der Waals surface area contributed by atoms with Crippen LogP contribution >= 0.6 is 0 Å². The average molecular weight is 576 g/mol. The molecule has 0 saturated carbocycles. The number of nitrogens with one attached hydrogen (secondary N) is 1. The number of hydrogen-bond donors (Lipinski definition) is 2. The van der Waals surface area contributed by atoms with E-state index in [2.05, 4.69) is 5.32 Å². The van der Waals surface area contributed by atoms with E-state index in [9.17, 15) is 33.9 Å². The first-order valence-corrected chi connectivity index (χ1v) is 12.1. The van der Waals surface area contributed by atoms with Gasteiger partial charge in [0.15, 0.2) is 30.9 Å². The van der Waals surface area contributed by atoms with Gasteiger partial charge in [-0.1, -0.05) is 0 Å². The quantitative estimate of drug-likeness (QED) is 0.230. The van der Waals surface area contributed by atoms with E-state index in [1.807, 2.05) is 0 Å². The molecule has 16 nitrogen and oxygen atoms in total. The minimum atomic E-state index is -1.72. The van der Waals surface area contributed by atoms with E-state index in [1.165, 1.54) is 6.08 Å². The number of carbonyl (C=O) groups is 6. The summed E-state index contributed by atoms with van der Waals surface area (Å²) in [7, 11) is 0. The van der Waals surface area contributed by atoms with Crippen molar-refractivity contribution >= 4 is 35.8 Å². The first-order valence-electron chi connectivity index (χ1n) is 12.1. The van der Waals surface area contributed by atoms with Crippen LogP contribution in [0.4, 0.5) is 0 Å². The molecule has 0 aromatic rings. The number of hydrogen-bond acceptors (Lipinski definition) is 15. The minimum absolute atomic E-state index is 0.140. The molecule has 2 N–H and O–H groups in total. The van der Waals surface area contributed by atoms with Crippen molar-refractivity contribution in [1.29, 1.82) is 0 Å². The van der Waals surface area contributed by atoms with Crippen molar-refractivity contribution in [3.63, 3.8) is 0 Å². The molecule has 1 fully saturated rings. The van der Waals surface area contributed by atoms with Crippen LogP contribution in [-0.2, 0) is 66.7 Å². The summed E-state index contributed by atoms with van der Waals surface area (Å²) in [6.45, 7) is 5.79. The van der Waals surface area contributed by atoms with Gasteiger partial charge in [0, 0.05) is 47.6 Å². The molecule has 0 aliphatic carbocycles. The second-order valence-corrected chi connectivity index (χ2v) is 8.80. The number of aliphatic hydroxyl groups excluding tert-OH is 1. The zero-order valence-electron chi connectivity index (χ0n) is 22.8. The molecule has 224 valence electrons. The first kappa shape index (κ1) is 32.6. The highest BCUT2D eigenvalue weighted by Gasteiger charge is 2.51. The SMILES string of the molecule is CC(=O)NC1C(O)OC(COC(C)=O)C(OC2OC(COC(C)=O)C(OC(C)=O)=CC2OC(C)=O)C1OC(C)=O. The fourth-order valence-electron chi connectivity index (χ4n) is 3.92. The normalized spacial score (nSPS) is 29.7. The maximum Gasteiger partial charge on any atom is 0.307 e. The average Bonchev–Trinajstić information content (AvgIpc) is 2.81. The summed E-state index contributed by atoms with van der Waals surface area (Å²) < 4.78 is 43.3. The van der Waals surface area contributed by atoms with E-state index >= 15 is 0 Å². The van der Waals surface area contributed by atoms with Crippen molar-refractivity contribution in [3.05, 3.63) is 11.8 Å². The van der Waals surface area contributed by atoms with Crippen molar-refractivity contribution in [1.82, 2.24) is 5.32 Å². The lowest BCUT2D eigenvalue weighted by molar-refractivity contribution is -0.314. The molecule has 8 unspecified atom stereocenters. The highest BCUT2D eigenvalue weighted by atomic mass is 16.7. The Morgan fingerprint density at radius 2 is 1.40 bits per heavy atom. The number of rotatable bonds is 10. The first-order chi connectivity index (χ1) is 18.7. The van der Waals surface area contributed by atoms with Gasteiger partial charge in [-0.15, -0.1) is 0 Å². The monoisotopic (exact) mass is 575 g/mol. The third-order valence-corrected chi connectivity index (χ3v) is 5.29. The fraction of sp³-hybridized carbons (Fsp3) is 0.667. The molecular weight excluding hydrogens is 542 g/mol. The standard InChI is InChI=1S/C24H33NO15/c1-10(26)25-20-22(37-15(6)31)21(19(38-23(20)32)9-34-12(3)28)40-24-17(36-14(5)30)7-16(35-13(4)29)18(39-24)8-33-11(2)27/h7,17-24,32H,8-9H2,1-6H3,(H,25,26). The Morgan fingerprint density at radius 1 is 0.800 bits per heavy atom. The number of amides is 1. The smallest absolute Gasteiger partial charge is 0.307 e. The third kappa shape index (κ3) is 9.86. The number of aliphatic hydroxyl groups is 1. The van der Waals surface area contributed by atoms with Crippen LogP contribution in [0, 0.1) is 0 Å². The van der Waals surface area contributed by atoms with Crippen molar-refractivity contribution in [2.75, 3.05) is 13.2 Å². The molecule has 0 radical (unpaired) electrons. The number of carbonyl (C=O) groups excluding carboxylic acids is 6. The van der Waals surface area contributed by atoms with Crippen LogP contribution in [0.3, 0.4) is 0 Å².